The van der Waals surface area contributed by atoms with Crippen molar-refractivity contribution in [2.24, 2.45) is 5.92 Å². The number of hydrogen-bond donors (Lipinski definition) is 0. The minimum absolute atomic E-state index is 0.190. The van der Waals surface area contributed by atoms with E-state index in [1.807, 2.05) is 35.2 Å². The summed E-state index contributed by atoms with van der Waals surface area (Å²) in [6.45, 7) is 1.43. The van der Waals surface area contributed by atoms with Crippen molar-refractivity contribution in [1.29, 1.82) is 0 Å². The summed E-state index contributed by atoms with van der Waals surface area (Å²) in [5.74, 6) is 2.03. The third-order valence-corrected chi connectivity index (χ3v) is 4.72. The van der Waals surface area contributed by atoms with Crippen molar-refractivity contribution < 1.29 is 9.32 Å². The summed E-state index contributed by atoms with van der Waals surface area (Å²) in [6, 6.07) is 9.80. The molecule has 1 saturated heterocycles. The lowest BCUT2D eigenvalue weighted by molar-refractivity contribution is -0.140. The molecule has 1 amide bonds. The van der Waals surface area contributed by atoms with Gasteiger partial charge in [0.15, 0.2) is 0 Å². The van der Waals surface area contributed by atoms with Crippen LogP contribution in [0.4, 0.5) is 0 Å². The van der Waals surface area contributed by atoms with Gasteiger partial charge in [0, 0.05) is 24.6 Å². The number of hydrogen-bond acceptors (Lipinski definition) is 4. The van der Waals surface area contributed by atoms with E-state index in [0.717, 1.165) is 18.4 Å². The van der Waals surface area contributed by atoms with Gasteiger partial charge in [-0.2, -0.15) is 4.98 Å². The first-order valence-corrected chi connectivity index (χ1v) is 7.99. The van der Waals surface area contributed by atoms with Gasteiger partial charge in [0.25, 0.3) is 0 Å². The lowest BCUT2D eigenvalue weighted by Crippen LogP contribution is -2.50. The number of likely N-dealkylation sites (tertiary alicyclic amines) is 1. The van der Waals surface area contributed by atoms with E-state index in [-0.39, 0.29) is 11.8 Å². The van der Waals surface area contributed by atoms with Crippen LogP contribution in [-0.2, 0) is 4.79 Å². The van der Waals surface area contributed by atoms with E-state index in [4.69, 9.17) is 4.52 Å². The van der Waals surface area contributed by atoms with E-state index in [2.05, 4.69) is 10.1 Å². The Labute approximate surface area is 129 Å². The SMILES string of the molecule is O=C(C1CCCC1)N1CC(c2nc(-c3ccccc3)no2)C1. The van der Waals surface area contributed by atoms with Crippen LogP contribution in [0, 0.1) is 5.92 Å². The first-order valence-electron chi connectivity index (χ1n) is 7.99. The molecule has 0 atom stereocenters. The summed E-state index contributed by atoms with van der Waals surface area (Å²) in [4.78, 5) is 18.7. The number of nitrogens with zero attached hydrogens (tertiary/aromatic N) is 3. The Morgan fingerprint density at radius 2 is 1.86 bits per heavy atom. The van der Waals surface area contributed by atoms with Crippen LogP contribution in [0.15, 0.2) is 34.9 Å². The maximum atomic E-state index is 12.3. The number of benzene rings is 1. The molecule has 5 heteroatoms. The highest BCUT2D eigenvalue weighted by Gasteiger charge is 2.38. The Kier molecular flexibility index (Phi) is 3.41. The second-order valence-electron chi connectivity index (χ2n) is 6.24. The van der Waals surface area contributed by atoms with Crippen molar-refractivity contribution in [3.63, 3.8) is 0 Å². The molecule has 2 fully saturated rings. The number of carbonyl (C=O) groups is 1. The molecule has 1 aliphatic carbocycles. The van der Waals surface area contributed by atoms with Crippen LogP contribution in [0.5, 0.6) is 0 Å². The third kappa shape index (κ3) is 2.40. The maximum Gasteiger partial charge on any atom is 0.233 e. The summed E-state index contributed by atoms with van der Waals surface area (Å²) in [6.07, 6.45) is 4.49. The van der Waals surface area contributed by atoms with Crippen molar-refractivity contribution >= 4 is 5.91 Å². The lowest BCUT2D eigenvalue weighted by Gasteiger charge is -2.38. The summed E-state index contributed by atoms with van der Waals surface area (Å²) < 4.78 is 5.38. The smallest absolute Gasteiger partial charge is 0.233 e. The molecule has 0 spiro atoms. The van der Waals surface area contributed by atoms with E-state index in [0.29, 0.717) is 30.7 Å². The van der Waals surface area contributed by atoms with Crippen molar-refractivity contribution in [3.05, 3.63) is 36.2 Å². The highest BCUT2D eigenvalue weighted by molar-refractivity contribution is 5.80. The van der Waals surface area contributed by atoms with E-state index < -0.39 is 0 Å². The molecule has 22 heavy (non-hydrogen) atoms. The fourth-order valence-electron chi connectivity index (χ4n) is 3.35. The van der Waals surface area contributed by atoms with Crippen LogP contribution in [0.3, 0.4) is 0 Å². The van der Waals surface area contributed by atoms with Gasteiger partial charge < -0.3 is 9.42 Å². The van der Waals surface area contributed by atoms with Gasteiger partial charge in [-0.15, -0.1) is 0 Å². The summed E-state index contributed by atoms with van der Waals surface area (Å²) in [5, 5.41) is 4.05. The largest absolute Gasteiger partial charge is 0.341 e. The summed E-state index contributed by atoms with van der Waals surface area (Å²) in [5.41, 5.74) is 0.954. The van der Waals surface area contributed by atoms with Gasteiger partial charge in [-0.3, -0.25) is 4.79 Å². The Balaban J connectivity index is 1.39. The highest BCUT2D eigenvalue weighted by Crippen LogP contribution is 2.32. The highest BCUT2D eigenvalue weighted by atomic mass is 16.5. The zero-order chi connectivity index (χ0) is 14.9. The Morgan fingerprint density at radius 1 is 1.14 bits per heavy atom. The Bertz CT molecular complexity index is 656. The molecule has 1 aliphatic heterocycles. The normalized spacial score (nSPS) is 19.4. The van der Waals surface area contributed by atoms with Gasteiger partial charge in [-0.25, -0.2) is 0 Å². The quantitative estimate of drug-likeness (QED) is 0.874. The van der Waals surface area contributed by atoms with Crippen molar-refractivity contribution in [3.8, 4) is 11.4 Å². The summed E-state index contributed by atoms with van der Waals surface area (Å²) in [7, 11) is 0. The second kappa shape index (κ2) is 5.55. The fourth-order valence-corrected chi connectivity index (χ4v) is 3.35. The predicted octanol–water partition coefficient (Wildman–Crippen LogP) is 2.85. The molecule has 0 N–H and O–H groups in total. The van der Waals surface area contributed by atoms with E-state index in [1.165, 1.54) is 12.8 Å². The van der Waals surface area contributed by atoms with E-state index >= 15 is 0 Å². The molecule has 5 nitrogen and oxygen atoms in total. The van der Waals surface area contributed by atoms with Crippen molar-refractivity contribution in [1.82, 2.24) is 15.0 Å². The van der Waals surface area contributed by atoms with Gasteiger partial charge in [-0.05, 0) is 12.8 Å². The van der Waals surface area contributed by atoms with Crippen LogP contribution < -0.4 is 0 Å². The third-order valence-electron chi connectivity index (χ3n) is 4.72. The minimum atomic E-state index is 0.190. The lowest BCUT2D eigenvalue weighted by atomic mass is 9.96. The van der Waals surface area contributed by atoms with E-state index in [1.54, 1.807) is 0 Å². The van der Waals surface area contributed by atoms with Crippen LogP contribution in [0.2, 0.25) is 0 Å². The minimum Gasteiger partial charge on any atom is -0.341 e. The maximum absolute atomic E-state index is 12.3. The molecule has 2 aromatic rings. The topological polar surface area (TPSA) is 59.2 Å². The van der Waals surface area contributed by atoms with Crippen LogP contribution >= 0.6 is 0 Å². The molecule has 4 rings (SSSR count). The molecule has 0 radical (unpaired) electrons. The zero-order valence-electron chi connectivity index (χ0n) is 12.4. The van der Waals surface area contributed by atoms with Gasteiger partial charge in [0.2, 0.25) is 17.6 Å². The van der Waals surface area contributed by atoms with Gasteiger partial charge in [0.1, 0.15) is 0 Å². The Hall–Kier alpha value is -2.17. The number of aromatic nitrogens is 2. The molecule has 1 saturated carbocycles. The molecular formula is C17H19N3O2. The van der Waals surface area contributed by atoms with Gasteiger partial charge in [-0.1, -0.05) is 48.3 Å². The molecule has 0 unspecified atom stereocenters. The average Bonchev–Trinajstić information content (AvgIpc) is 3.18. The van der Waals surface area contributed by atoms with Gasteiger partial charge in [0.05, 0.1) is 5.92 Å². The number of amides is 1. The average molecular weight is 297 g/mol. The first kappa shape index (κ1) is 13.5. The zero-order valence-corrected chi connectivity index (χ0v) is 12.4. The summed E-state index contributed by atoms with van der Waals surface area (Å²) >= 11 is 0. The van der Waals surface area contributed by atoms with Crippen LogP contribution in [0.25, 0.3) is 11.4 Å². The van der Waals surface area contributed by atoms with Crippen molar-refractivity contribution in [2.45, 2.75) is 31.6 Å². The Morgan fingerprint density at radius 3 is 2.59 bits per heavy atom. The molecular weight excluding hydrogens is 278 g/mol. The molecule has 1 aromatic heterocycles. The van der Waals surface area contributed by atoms with Crippen LogP contribution in [0.1, 0.15) is 37.5 Å². The monoisotopic (exact) mass is 297 g/mol. The van der Waals surface area contributed by atoms with Crippen molar-refractivity contribution in [2.75, 3.05) is 13.1 Å². The molecule has 2 heterocycles. The molecule has 0 bridgehead atoms. The van der Waals surface area contributed by atoms with Gasteiger partial charge >= 0.3 is 0 Å². The molecule has 1 aromatic carbocycles. The predicted molar refractivity (Wildman–Crippen MR) is 81.0 cm³/mol. The van der Waals surface area contributed by atoms with E-state index in [9.17, 15) is 4.79 Å². The number of rotatable bonds is 3. The first-order chi connectivity index (χ1) is 10.8. The standard InChI is InChI=1S/C17H19N3O2/c21-17(13-8-4-5-9-13)20-10-14(11-20)16-18-15(19-22-16)12-6-2-1-3-7-12/h1-3,6-7,13-14H,4-5,8-11H2. The second-order valence-corrected chi connectivity index (χ2v) is 6.24. The van der Waals surface area contributed by atoms with Crippen LogP contribution in [-0.4, -0.2) is 34.0 Å². The molecule has 114 valence electrons. The number of carbonyl (C=O) groups excluding carboxylic acids is 1. The fraction of sp³-hybridized carbons (Fsp3) is 0.471. The molecule has 2 aliphatic rings.